The van der Waals surface area contributed by atoms with Crippen molar-refractivity contribution in [1.29, 1.82) is 0 Å². The molecule has 1 aliphatic heterocycles. The molecule has 5 heteroatoms. The number of benzene rings is 2. The van der Waals surface area contributed by atoms with Gasteiger partial charge in [0.1, 0.15) is 0 Å². The molecule has 1 saturated heterocycles. The highest BCUT2D eigenvalue weighted by atomic mass is 35.5. The molecule has 2 aromatic carbocycles. The van der Waals surface area contributed by atoms with Crippen LogP contribution in [0.1, 0.15) is 25.0 Å². The summed E-state index contributed by atoms with van der Waals surface area (Å²) in [5.41, 5.74) is 2.34. The molecule has 0 saturated carbocycles. The number of anilines is 1. The van der Waals surface area contributed by atoms with Crippen LogP contribution in [0.25, 0.3) is 0 Å². The fourth-order valence-electron chi connectivity index (χ4n) is 3.56. The Morgan fingerprint density at radius 1 is 1.04 bits per heavy atom. The molecule has 0 amide bonds. The number of halogens is 1. The molecule has 0 bridgehead atoms. The Morgan fingerprint density at radius 2 is 1.78 bits per heavy atom. The van der Waals surface area contributed by atoms with Gasteiger partial charge in [0.05, 0.1) is 18.8 Å². The molecule has 1 aliphatic rings. The maximum absolute atomic E-state index is 10.4. The van der Waals surface area contributed by atoms with Crippen molar-refractivity contribution in [2.45, 2.75) is 25.6 Å². The zero-order valence-electron chi connectivity index (χ0n) is 15.9. The number of rotatable bonds is 8. The third-order valence-electron chi connectivity index (χ3n) is 5.05. The number of aliphatic hydroxyl groups excluding tert-OH is 1. The van der Waals surface area contributed by atoms with Crippen molar-refractivity contribution in [2.75, 3.05) is 44.2 Å². The van der Waals surface area contributed by atoms with E-state index in [1.54, 1.807) is 0 Å². The van der Waals surface area contributed by atoms with Gasteiger partial charge in [-0.15, -0.1) is 0 Å². The third-order valence-corrected chi connectivity index (χ3v) is 5.28. The molecule has 4 nitrogen and oxygen atoms in total. The van der Waals surface area contributed by atoms with Crippen LogP contribution in [-0.2, 0) is 4.74 Å². The van der Waals surface area contributed by atoms with E-state index in [2.05, 4.69) is 34.9 Å². The Bertz CT molecular complexity index is 690. The first-order chi connectivity index (χ1) is 13.2. The van der Waals surface area contributed by atoms with E-state index in [-0.39, 0.29) is 6.10 Å². The minimum Gasteiger partial charge on any atom is -0.389 e. The van der Waals surface area contributed by atoms with Crippen LogP contribution in [0.15, 0.2) is 54.6 Å². The SMILES string of the molecule is CC[C@H](OC[C@@H](O)CN1CCN(c2cccc(Cl)c2)CC1)c1ccccc1. The fraction of sp³-hybridized carbons (Fsp3) is 0.455. The van der Waals surface area contributed by atoms with Crippen LogP contribution in [0.5, 0.6) is 0 Å². The van der Waals surface area contributed by atoms with Crippen molar-refractivity contribution in [2.24, 2.45) is 0 Å². The Labute approximate surface area is 167 Å². The van der Waals surface area contributed by atoms with Crippen LogP contribution >= 0.6 is 11.6 Å². The highest BCUT2D eigenvalue weighted by molar-refractivity contribution is 6.30. The molecule has 0 unspecified atom stereocenters. The third kappa shape index (κ3) is 5.94. The summed E-state index contributed by atoms with van der Waals surface area (Å²) < 4.78 is 5.98. The van der Waals surface area contributed by atoms with Crippen LogP contribution in [0.3, 0.4) is 0 Å². The summed E-state index contributed by atoms with van der Waals surface area (Å²) in [4.78, 5) is 4.65. The van der Waals surface area contributed by atoms with E-state index in [9.17, 15) is 5.11 Å². The predicted molar refractivity (Wildman–Crippen MR) is 112 cm³/mol. The molecular formula is C22H29ClN2O2. The van der Waals surface area contributed by atoms with Gasteiger partial charge in [0, 0.05) is 43.4 Å². The Morgan fingerprint density at radius 3 is 2.44 bits per heavy atom. The lowest BCUT2D eigenvalue weighted by atomic mass is 10.1. The molecule has 0 radical (unpaired) electrons. The Kier molecular flexibility index (Phi) is 7.53. The average Bonchev–Trinajstić information content (AvgIpc) is 2.70. The van der Waals surface area contributed by atoms with Gasteiger partial charge in [-0.3, -0.25) is 4.90 Å². The van der Waals surface area contributed by atoms with Crippen LogP contribution in [0.2, 0.25) is 5.02 Å². The van der Waals surface area contributed by atoms with Gasteiger partial charge in [0.15, 0.2) is 0 Å². The molecule has 0 spiro atoms. The first kappa shape index (κ1) is 20.2. The number of piperazine rings is 1. The number of nitrogens with zero attached hydrogens (tertiary/aromatic N) is 2. The molecule has 2 atom stereocenters. The first-order valence-corrected chi connectivity index (χ1v) is 10.1. The maximum atomic E-state index is 10.4. The van der Waals surface area contributed by atoms with E-state index in [1.165, 1.54) is 11.3 Å². The number of hydrogen-bond acceptors (Lipinski definition) is 4. The van der Waals surface area contributed by atoms with Gasteiger partial charge in [-0.05, 0) is 30.2 Å². The second kappa shape index (κ2) is 10.1. The maximum Gasteiger partial charge on any atom is 0.0900 e. The Balaban J connectivity index is 1.42. The standard InChI is InChI=1S/C22H29ClN2O2/c1-2-22(18-7-4-3-5-8-18)27-17-21(26)16-24-11-13-25(14-12-24)20-10-6-9-19(23)15-20/h3-10,15,21-22,26H,2,11-14,16-17H2,1H3/t21-,22-/m0/s1. The Hall–Kier alpha value is -1.59. The molecule has 0 aromatic heterocycles. The lowest BCUT2D eigenvalue weighted by Crippen LogP contribution is -2.49. The van der Waals surface area contributed by atoms with Gasteiger partial charge in [0.2, 0.25) is 0 Å². The summed E-state index contributed by atoms with van der Waals surface area (Å²) in [5.74, 6) is 0. The summed E-state index contributed by atoms with van der Waals surface area (Å²) in [6.45, 7) is 6.86. The number of aliphatic hydroxyl groups is 1. The second-order valence-electron chi connectivity index (χ2n) is 7.06. The van der Waals surface area contributed by atoms with Crippen molar-refractivity contribution in [3.8, 4) is 0 Å². The van der Waals surface area contributed by atoms with Gasteiger partial charge in [-0.2, -0.15) is 0 Å². The number of β-amino-alcohol motifs (C(OH)–C–C–N with tert-alkyl or cyclic N) is 1. The van der Waals surface area contributed by atoms with Crippen LogP contribution in [-0.4, -0.2) is 55.4 Å². The largest absolute Gasteiger partial charge is 0.389 e. The van der Waals surface area contributed by atoms with E-state index in [0.29, 0.717) is 13.2 Å². The van der Waals surface area contributed by atoms with E-state index < -0.39 is 6.10 Å². The summed E-state index contributed by atoms with van der Waals surface area (Å²) in [6.07, 6.45) is 0.468. The molecule has 1 fully saturated rings. The van der Waals surface area contributed by atoms with Crippen LogP contribution in [0, 0.1) is 0 Å². The topological polar surface area (TPSA) is 35.9 Å². The second-order valence-corrected chi connectivity index (χ2v) is 7.50. The van der Waals surface area contributed by atoms with Gasteiger partial charge in [-0.1, -0.05) is 54.9 Å². The van der Waals surface area contributed by atoms with Gasteiger partial charge in [0.25, 0.3) is 0 Å². The van der Waals surface area contributed by atoms with E-state index in [1.807, 2.05) is 36.4 Å². The van der Waals surface area contributed by atoms with Crippen LogP contribution < -0.4 is 4.90 Å². The molecule has 1 heterocycles. The normalized spacial score (nSPS) is 17.7. The van der Waals surface area contributed by atoms with Gasteiger partial charge >= 0.3 is 0 Å². The molecule has 146 valence electrons. The van der Waals surface area contributed by atoms with E-state index in [4.69, 9.17) is 16.3 Å². The average molecular weight is 389 g/mol. The summed E-state index contributed by atoms with van der Waals surface area (Å²) in [6, 6.07) is 18.2. The van der Waals surface area contributed by atoms with Crippen molar-refractivity contribution in [3.05, 3.63) is 65.2 Å². The minimum atomic E-state index is -0.472. The molecule has 3 rings (SSSR count). The molecule has 0 aliphatic carbocycles. The van der Waals surface area contributed by atoms with E-state index >= 15 is 0 Å². The van der Waals surface area contributed by atoms with Gasteiger partial charge < -0.3 is 14.7 Å². The van der Waals surface area contributed by atoms with Gasteiger partial charge in [-0.25, -0.2) is 0 Å². The van der Waals surface area contributed by atoms with Crippen LogP contribution in [0.4, 0.5) is 5.69 Å². The number of ether oxygens (including phenoxy) is 1. The highest BCUT2D eigenvalue weighted by Gasteiger charge is 2.20. The highest BCUT2D eigenvalue weighted by Crippen LogP contribution is 2.22. The smallest absolute Gasteiger partial charge is 0.0900 e. The van der Waals surface area contributed by atoms with E-state index in [0.717, 1.165) is 37.6 Å². The molecule has 27 heavy (non-hydrogen) atoms. The van der Waals surface area contributed by atoms with Crippen molar-refractivity contribution < 1.29 is 9.84 Å². The zero-order chi connectivity index (χ0) is 19.1. The lowest BCUT2D eigenvalue weighted by molar-refractivity contribution is -0.0240. The predicted octanol–water partition coefficient (Wildman–Crippen LogP) is 3.99. The van der Waals surface area contributed by atoms with Crippen molar-refractivity contribution in [3.63, 3.8) is 0 Å². The first-order valence-electron chi connectivity index (χ1n) is 9.73. The fourth-order valence-corrected chi connectivity index (χ4v) is 3.74. The van der Waals surface area contributed by atoms with Crippen molar-refractivity contribution >= 4 is 17.3 Å². The minimum absolute atomic E-state index is 0.0422. The molecular weight excluding hydrogens is 360 g/mol. The summed E-state index contributed by atoms with van der Waals surface area (Å²) >= 11 is 6.09. The van der Waals surface area contributed by atoms with Crippen molar-refractivity contribution in [1.82, 2.24) is 4.90 Å². The number of hydrogen-bond donors (Lipinski definition) is 1. The lowest BCUT2D eigenvalue weighted by Gasteiger charge is -2.37. The molecule has 1 N–H and O–H groups in total. The monoisotopic (exact) mass is 388 g/mol. The molecule has 2 aromatic rings. The summed E-state index contributed by atoms with van der Waals surface area (Å²) in [5, 5.41) is 11.2. The zero-order valence-corrected chi connectivity index (χ0v) is 16.7. The quantitative estimate of drug-likeness (QED) is 0.741. The summed E-state index contributed by atoms with van der Waals surface area (Å²) in [7, 11) is 0.